The van der Waals surface area contributed by atoms with Gasteiger partial charge in [-0.05, 0) is 48.4 Å². The van der Waals surface area contributed by atoms with Crippen LogP contribution in [0.15, 0.2) is 50.8 Å². The van der Waals surface area contributed by atoms with Crippen molar-refractivity contribution < 1.29 is 4.74 Å². The van der Waals surface area contributed by atoms with Crippen molar-refractivity contribution in [2.24, 2.45) is 5.10 Å². The first kappa shape index (κ1) is 19.6. The molecule has 1 atom stereocenters. The second-order valence-corrected chi connectivity index (χ2v) is 7.52. The molecule has 0 N–H and O–H groups in total. The molecule has 1 heterocycles. The van der Waals surface area contributed by atoms with Crippen molar-refractivity contribution in [2.75, 3.05) is 7.11 Å². The van der Waals surface area contributed by atoms with Gasteiger partial charge in [-0.1, -0.05) is 41.4 Å². The van der Waals surface area contributed by atoms with Gasteiger partial charge in [0.05, 0.1) is 29.2 Å². The highest BCUT2D eigenvalue weighted by Crippen LogP contribution is 2.24. The fraction of sp³-hybridized carbons (Fsp3) is 0.250. The van der Waals surface area contributed by atoms with Crippen LogP contribution in [0.2, 0.25) is 5.02 Å². The van der Waals surface area contributed by atoms with E-state index in [0.717, 1.165) is 16.5 Å². The Labute approximate surface area is 170 Å². The Morgan fingerprint density at radius 2 is 2.11 bits per heavy atom. The van der Waals surface area contributed by atoms with E-state index in [1.165, 1.54) is 4.68 Å². The van der Waals surface area contributed by atoms with E-state index < -0.39 is 0 Å². The predicted molar refractivity (Wildman–Crippen MR) is 113 cm³/mol. The van der Waals surface area contributed by atoms with Crippen molar-refractivity contribution in [3.63, 3.8) is 0 Å². The molecule has 0 amide bonds. The maximum Gasteiger partial charge on any atom is 0.282 e. The van der Waals surface area contributed by atoms with Gasteiger partial charge in [-0.3, -0.25) is 4.79 Å². The molecular formula is C20H19BrClN3O2. The summed E-state index contributed by atoms with van der Waals surface area (Å²) < 4.78 is 7.36. The number of aromatic nitrogens is 2. The summed E-state index contributed by atoms with van der Waals surface area (Å²) in [7, 11) is 1.56. The molecule has 27 heavy (non-hydrogen) atoms. The number of methoxy groups -OCH3 is 1. The Hall–Kier alpha value is -2.18. The minimum atomic E-state index is -0.201. The molecule has 0 saturated heterocycles. The molecule has 7 heteroatoms. The molecule has 2 aromatic carbocycles. The van der Waals surface area contributed by atoms with Crippen molar-refractivity contribution in [3.8, 4) is 5.75 Å². The van der Waals surface area contributed by atoms with E-state index in [1.807, 2.05) is 25.1 Å². The SMILES string of the molecule is CC[C@H](C)c1nc2ccc(Br)cc2c(=O)n1N=Cc1ccc(OC)c(Cl)c1. The monoisotopic (exact) mass is 447 g/mol. The van der Waals surface area contributed by atoms with E-state index in [0.29, 0.717) is 27.5 Å². The fourth-order valence-electron chi connectivity index (χ4n) is 2.67. The van der Waals surface area contributed by atoms with Crippen molar-refractivity contribution in [2.45, 2.75) is 26.2 Å². The molecule has 0 aliphatic carbocycles. The molecule has 0 bridgehead atoms. The molecule has 0 saturated carbocycles. The molecule has 0 aliphatic rings. The van der Waals surface area contributed by atoms with Crippen LogP contribution < -0.4 is 10.3 Å². The van der Waals surface area contributed by atoms with Crippen molar-refractivity contribution >= 4 is 44.6 Å². The maximum absolute atomic E-state index is 13.1. The number of fused-ring (bicyclic) bond motifs is 1. The summed E-state index contributed by atoms with van der Waals surface area (Å²) in [6, 6.07) is 10.8. The number of benzene rings is 2. The third-order valence-electron chi connectivity index (χ3n) is 4.38. The van der Waals surface area contributed by atoms with E-state index in [1.54, 1.807) is 31.5 Å². The van der Waals surface area contributed by atoms with E-state index in [4.69, 9.17) is 16.3 Å². The minimum absolute atomic E-state index is 0.0855. The molecule has 0 aliphatic heterocycles. The highest BCUT2D eigenvalue weighted by Gasteiger charge is 2.15. The number of halogens is 2. The molecule has 0 spiro atoms. The lowest BCUT2D eigenvalue weighted by atomic mass is 10.1. The molecule has 0 fully saturated rings. The largest absolute Gasteiger partial charge is 0.495 e. The summed E-state index contributed by atoms with van der Waals surface area (Å²) in [5, 5.41) is 5.42. The standard InChI is InChI=1S/C20H19BrClN3O2/c1-4-12(2)19-24-17-7-6-14(21)10-15(17)20(26)25(19)23-11-13-5-8-18(27-3)16(22)9-13/h5-12H,4H2,1-3H3/t12-/m0/s1. The summed E-state index contributed by atoms with van der Waals surface area (Å²) >= 11 is 9.58. The Morgan fingerprint density at radius 3 is 2.78 bits per heavy atom. The molecule has 3 aromatic rings. The number of rotatable bonds is 5. The first-order valence-corrected chi connectivity index (χ1v) is 9.71. The van der Waals surface area contributed by atoms with Crippen LogP contribution in [0.4, 0.5) is 0 Å². The average molecular weight is 449 g/mol. The van der Waals surface area contributed by atoms with Gasteiger partial charge < -0.3 is 4.74 Å². The Balaban J connectivity index is 2.15. The van der Waals surface area contributed by atoms with Crippen LogP contribution in [0, 0.1) is 0 Å². The summed E-state index contributed by atoms with van der Waals surface area (Å²) in [5.41, 5.74) is 1.22. The number of nitrogens with zero attached hydrogens (tertiary/aromatic N) is 3. The Morgan fingerprint density at radius 1 is 1.33 bits per heavy atom. The van der Waals surface area contributed by atoms with Crippen LogP contribution in [0.1, 0.15) is 37.6 Å². The van der Waals surface area contributed by atoms with Gasteiger partial charge >= 0.3 is 0 Å². The van der Waals surface area contributed by atoms with Crippen molar-refractivity contribution in [1.29, 1.82) is 0 Å². The molecule has 1 aromatic heterocycles. The lowest BCUT2D eigenvalue weighted by molar-refractivity contribution is 0.415. The van der Waals surface area contributed by atoms with E-state index in [2.05, 4.69) is 32.9 Å². The van der Waals surface area contributed by atoms with Gasteiger partial charge in [-0.25, -0.2) is 4.98 Å². The summed E-state index contributed by atoms with van der Waals surface area (Å²) in [4.78, 5) is 17.7. The summed E-state index contributed by atoms with van der Waals surface area (Å²) in [5.74, 6) is 1.30. The zero-order chi connectivity index (χ0) is 19.6. The van der Waals surface area contributed by atoms with Gasteiger partial charge in [0.25, 0.3) is 5.56 Å². The summed E-state index contributed by atoms with van der Waals surface area (Å²) in [6.45, 7) is 4.09. The van der Waals surface area contributed by atoms with Crippen LogP contribution in [-0.4, -0.2) is 23.0 Å². The van der Waals surface area contributed by atoms with Crippen LogP contribution in [0.3, 0.4) is 0 Å². The maximum atomic E-state index is 13.1. The van der Waals surface area contributed by atoms with Crippen LogP contribution in [-0.2, 0) is 0 Å². The molecule has 5 nitrogen and oxygen atoms in total. The van der Waals surface area contributed by atoms with Crippen molar-refractivity contribution in [1.82, 2.24) is 9.66 Å². The highest BCUT2D eigenvalue weighted by molar-refractivity contribution is 9.10. The van der Waals surface area contributed by atoms with Gasteiger partial charge in [-0.15, -0.1) is 0 Å². The lowest BCUT2D eigenvalue weighted by Gasteiger charge is -2.14. The van der Waals surface area contributed by atoms with Crippen LogP contribution >= 0.6 is 27.5 Å². The average Bonchev–Trinajstić information content (AvgIpc) is 2.67. The van der Waals surface area contributed by atoms with Crippen molar-refractivity contribution in [3.05, 3.63) is 67.6 Å². The second-order valence-electron chi connectivity index (χ2n) is 6.20. The molecule has 140 valence electrons. The van der Waals surface area contributed by atoms with Gasteiger partial charge in [0.1, 0.15) is 11.6 Å². The van der Waals surface area contributed by atoms with Gasteiger partial charge in [0.15, 0.2) is 0 Å². The molecule has 0 radical (unpaired) electrons. The van der Waals surface area contributed by atoms with E-state index in [-0.39, 0.29) is 11.5 Å². The lowest BCUT2D eigenvalue weighted by Crippen LogP contribution is -2.23. The smallest absolute Gasteiger partial charge is 0.282 e. The van der Waals surface area contributed by atoms with E-state index in [9.17, 15) is 4.79 Å². The van der Waals surface area contributed by atoms with Crippen LogP contribution in [0.5, 0.6) is 5.75 Å². The minimum Gasteiger partial charge on any atom is -0.495 e. The fourth-order valence-corrected chi connectivity index (χ4v) is 3.29. The Bertz CT molecular complexity index is 1080. The predicted octanol–water partition coefficient (Wildman–Crippen LogP) is 5.22. The van der Waals surface area contributed by atoms with Gasteiger partial charge in [-0.2, -0.15) is 9.78 Å². The number of hydrogen-bond acceptors (Lipinski definition) is 4. The third-order valence-corrected chi connectivity index (χ3v) is 5.17. The van der Waals surface area contributed by atoms with Gasteiger partial charge in [0.2, 0.25) is 0 Å². The van der Waals surface area contributed by atoms with Gasteiger partial charge in [0, 0.05) is 10.4 Å². The first-order valence-electron chi connectivity index (χ1n) is 8.54. The second kappa shape index (κ2) is 8.23. The molecule has 0 unspecified atom stereocenters. The normalized spacial score (nSPS) is 12.6. The zero-order valence-electron chi connectivity index (χ0n) is 15.2. The number of ether oxygens (including phenoxy) is 1. The number of hydrogen-bond donors (Lipinski definition) is 0. The Kier molecular flexibility index (Phi) is 5.97. The van der Waals surface area contributed by atoms with Crippen LogP contribution in [0.25, 0.3) is 10.9 Å². The first-order chi connectivity index (χ1) is 12.9. The molecule has 3 rings (SSSR count). The summed E-state index contributed by atoms with van der Waals surface area (Å²) in [6.07, 6.45) is 2.45. The highest BCUT2D eigenvalue weighted by atomic mass is 79.9. The van der Waals surface area contributed by atoms with E-state index >= 15 is 0 Å². The topological polar surface area (TPSA) is 56.5 Å². The quantitative estimate of drug-likeness (QED) is 0.503. The molecular weight excluding hydrogens is 430 g/mol. The third kappa shape index (κ3) is 4.06. The zero-order valence-corrected chi connectivity index (χ0v) is 17.6.